The Hall–Kier alpha value is -0.870. The van der Waals surface area contributed by atoms with Gasteiger partial charge in [0, 0.05) is 12.5 Å². The Kier molecular flexibility index (Phi) is 6.36. The van der Waals surface area contributed by atoms with Gasteiger partial charge >= 0.3 is 6.01 Å². The molecule has 0 aliphatic rings. The first-order valence-corrected chi connectivity index (χ1v) is 6.75. The molecule has 0 aromatic carbocycles. The molecule has 1 N–H and O–H groups in total. The summed E-state index contributed by atoms with van der Waals surface area (Å²) >= 11 is 6.13. The van der Waals surface area contributed by atoms with Crippen molar-refractivity contribution in [2.75, 3.05) is 13.7 Å². The maximum absolute atomic E-state index is 6.13. The van der Waals surface area contributed by atoms with Crippen molar-refractivity contribution in [3.63, 3.8) is 0 Å². The average molecular weight is 272 g/mol. The minimum Gasteiger partial charge on any atom is -0.467 e. The highest BCUT2D eigenvalue weighted by atomic mass is 35.5. The lowest BCUT2D eigenvalue weighted by Gasteiger charge is -2.22. The van der Waals surface area contributed by atoms with E-state index in [0.717, 1.165) is 25.1 Å². The zero-order valence-electron chi connectivity index (χ0n) is 11.5. The molecule has 1 aromatic rings. The van der Waals surface area contributed by atoms with E-state index in [4.69, 9.17) is 16.3 Å². The Morgan fingerprint density at radius 3 is 2.72 bits per heavy atom. The van der Waals surface area contributed by atoms with Crippen molar-refractivity contribution in [1.82, 2.24) is 15.3 Å². The van der Waals surface area contributed by atoms with Crippen LogP contribution in [0.1, 0.15) is 32.9 Å². The van der Waals surface area contributed by atoms with Gasteiger partial charge in [-0.1, -0.05) is 32.4 Å². The van der Waals surface area contributed by atoms with Crippen LogP contribution in [0.4, 0.5) is 0 Å². The molecule has 0 saturated heterocycles. The molecule has 102 valence electrons. The van der Waals surface area contributed by atoms with Gasteiger partial charge in [0.05, 0.1) is 24.0 Å². The summed E-state index contributed by atoms with van der Waals surface area (Å²) in [6.07, 6.45) is 3.50. The zero-order valence-corrected chi connectivity index (χ0v) is 12.3. The summed E-state index contributed by atoms with van der Waals surface area (Å²) in [4.78, 5) is 8.30. The van der Waals surface area contributed by atoms with E-state index in [2.05, 4.69) is 36.1 Å². The van der Waals surface area contributed by atoms with Crippen LogP contribution < -0.4 is 10.1 Å². The van der Waals surface area contributed by atoms with Crippen LogP contribution in [-0.4, -0.2) is 29.7 Å². The van der Waals surface area contributed by atoms with Crippen molar-refractivity contribution in [3.05, 3.63) is 16.9 Å². The van der Waals surface area contributed by atoms with E-state index in [0.29, 0.717) is 23.0 Å². The third-order valence-corrected chi connectivity index (χ3v) is 3.17. The Bertz CT molecular complexity index is 371. The number of hydrogen-bond acceptors (Lipinski definition) is 4. The van der Waals surface area contributed by atoms with E-state index < -0.39 is 0 Å². The largest absolute Gasteiger partial charge is 0.467 e. The van der Waals surface area contributed by atoms with Crippen molar-refractivity contribution in [1.29, 1.82) is 0 Å². The molecule has 1 aromatic heterocycles. The third kappa shape index (κ3) is 4.42. The fourth-order valence-corrected chi connectivity index (χ4v) is 1.88. The van der Waals surface area contributed by atoms with Gasteiger partial charge < -0.3 is 10.1 Å². The van der Waals surface area contributed by atoms with Gasteiger partial charge in [0.2, 0.25) is 0 Å². The lowest BCUT2D eigenvalue weighted by Crippen LogP contribution is -2.36. The molecule has 18 heavy (non-hydrogen) atoms. The fraction of sp³-hybridized carbons (Fsp3) is 0.692. The topological polar surface area (TPSA) is 47.0 Å². The zero-order chi connectivity index (χ0) is 13.5. The Morgan fingerprint density at radius 1 is 1.44 bits per heavy atom. The van der Waals surface area contributed by atoms with Crippen molar-refractivity contribution >= 4 is 11.6 Å². The molecule has 0 fully saturated rings. The van der Waals surface area contributed by atoms with Gasteiger partial charge in [-0.15, -0.1) is 0 Å². The normalized spacial score (nSPS) is 12.8. The quantitative estimate of drug-likeness (QED) is 0.828. The van der Waals surface area contributed by atoms with Crippen molar-refractivity contribution in [2.45, 2.75) is 39.7 Å². The average Bonchev–Trinajstić information content (AvgIpc) is 2.36. The summed E-state index contributed by atoms with van der Waals surface area (Å²) in [7, 11) is 1.56. The lowest BCUT2D eigenvalue weighted by atomic mass is 9.99. The van der Waals surface area contributed by atoms with Crippen LogP contribution in [-0.2, 0) is 6.42 Å². The van der Waals surface area contributed by atoms with Crippen LogP contribution in [0.15, 0.2) is 6.20 Å². The number of halogens is 1. The molecular formula is C13H22ClN3O. The van der Waals surface area contributed by atoms with Crippen molar-refractivity contribution in [3.8, 4) is 6.01 Å². The molecule has 1 heterocycles. The monoisotopic (exact) mass is 271 g/mol. The van der Waals surface area contributed by atoms with Gasteiger partial charge in [-0.2, -0.15) is 4.98 Å². The molecular weight excluding hydrogens is 250 g/mol. The van der Waals surface area contributed by atoms with Gasteiger partial charge in [-0.05, 0) is 18.9 Å². The molecule has 1 unspecified atom stereocenters. The van der Waals surface area contributed by atoms with E-state index in [1.54, 1.807) is 13.3 Å². The first-order chi connectivity index (χ1) is 8.58. The molecule has 0 radical (unpaired) electrons. The second-order valence-electron chi connectivity index (χ2n) is 4.66. The number of aromatic nitrogens is 2. The molecule has 0 aliphatic heterocycles. The van der Waals surface area contributed by atoms with E-state index >= 15 is 0 Å². The summed E-state index contributed by atoms with van der Waals surface area (Å²) < 4.78 is 5.03. The minimum atomic E-state index is 0.363. The lowest BCUT2D eigenvalue weighted by molar-refractivity contribution is 0.369. The van der Waals surface area contributed by atoms with Gasteiger partial charge in [0.25, 0.3) is 0 Å². The SMILES string of the molecule is CCCNC(Cc1nc(OC)ncc1Cl)C(C)C. The Morgan fingerprint density at radius 2 is 2.17 bits per heavy atom. The standard InChI is InChI=1S/C13H22ClN3O/c1-5-6-15-11(9(2)3)7-12-10(14)8-16-13(17-12)18-4/h8-9,11,15H,5-7H2,1-4H3. The fourth-order valence-electron chi connectivity index (χ4n) is 1.71. The molecule has 0 bridgehead atoms. The number of rotatable bonds is 7. The summed E-state index contributed by atoms with van der Waals surface area (Å²) in [5.41, 5.74) is 0.839. The smallest absolute Gasteiger partial charge is 0.316 e. The molecule has 0 aliphatic carbocycles. The van der Waals surface area contributed by atoms with Crippen LogP contribution in [0.2, 0.25) is 5.02 Å². The first kappa shape index (κ1) is 15.2. The summed E-state index contributed by atoms with van der Waals surface area (Å²) in [6.45, 7) is 7.55. The number of ether oxygens (including phenoxy) is 1. The first-order valence-electron chi connectivity index (χ1n) is 6.37. The molecule has 0 amide bonds. The van der Waals surface area contributed by atoms with E-state index in [1.165, 1.54) is 0 Å². The van der Waals surface area contributed by atoms with Crippen molar-refractivity contribution < 1.29 is 4.74 Å². The maximum atomic E-state index is 6.13. The summed E-state index contributed by atoms with van der Waals surface area (Å²) in [6, 6.07) is 0.731. The molecule has 0 spiro atoms. The second kappa shape index (κ2) is 7.54. The van der Waals surface area contributed by atoms with Gasteiger partial charge in [0.15, 0.2) is 0 Å². The van der Waals surface area contributed by atoms with Crippen LogP contribution >= 0.6 is 11.6 Å². The third-order valence-electron chi connectivity index (χ3n) is 2.85. The second-order valence-corrected chi connectivity index (χ2v) is 5.07. The Balaban J connectivity index is 2.78. The highest BCUT2D eigenvalue weighted by molar-refractivity contribution is 6.31. The number of hydrogen-bond donors (Lipinski definition) is 1. The van der Waals surface area contributed by atoms with Gasteiger partial charge in [-0.3, -0.25) is 0 Å². The van der Waals surface area contributed by atoms with E-state index in [1.807, 2.05) is 0 Å². The number of nitrogens with one attached hydrogen (secondary N) is 1. The summed E-state index contributed by atoms with van der Waals surface area (Å²) in [5, 5.41) is 4.12. The molecule has 5 heteroatoms. The van der Waals surface area contributed by atoms with Crippen LogP contribution in [0.5, 0.6) is 6.01 Å². The molecule has 1 rings (SSSR count). The van der Waals surface area contributed by atoms with E-state index in [9.17, 15) is 0 Å². The predicted octanol–water partition coefficient (Wildman–Crippen LogP) is 2.71. The van der Waals surface area contributed by atoms with Gasteiger partial charge in [0.1, 0.15) is 0 Å². The van der Waals surface area contributed by atoms with Crippen LogP contribution in [0.3, 0.4) is 0 Å². The summed E-state index contributed by atoms with van der Waals surface area (Å²) in [5.74, 6) is 0.522. The number of methoxy groups -OCH3 is 1. The van der Waals surface area contributed by atoms with Gasteiger partial charge in [-0.25, -0.2) is 4.98 Å². The predicted molar refractivity (Wildman–Crippen MR) is 74.2 cm³/mol. The maximum Gasteiger partial charge on any atom is 0.316 e. The van der Waals surface area contributed by atoms with Crippen LogP contribution in [0, 0.1) is 5.92 Å². The molecule has 0 saturated carbocycles. The van der Waals surface area contributed by atoms with Crippen molar-refractivity contribution in [2.24, 2.45) is 5.92 Å². The molecule has 4 nitrogen and oxygen atoms in total. The van der Waals surface area contributed by atoms with Crippen LogP contribution in [0.25, 0.3) is 0 Å². The highest BCUT2D eigenvalue weighted by Crippen LogP contribution is 2.18. The number of nitrogens with zero attached hydrogens (tertiary/aromatic N) is 2. The van der Waals surface area contributed by atoms with E-state index in [-0.39, 0.29) is 0 Å². The molecule has 1 atom stereocenters. The highest BCUT2D eigenvalue weighted by Gasteiger charge is 2.16. The Labute approximate surface area is 114 Å². The minimum absolute atomic E-state index is 0.363.